The molecular formula is C20H23BrO4. The van der Waals surface area contributed by atoms with Crippen molar-refractivity contribution in [3.05, 3.63) is 28.7 Å². The number of carbonyl (C=O) groups excluding carboxylic acids is 2. The summed E-state index contributed by atoms with van der Waals surface area (Å²) >= 11 is 3.35. The highest BCUT2D eigenvalue weighted by atomic mass is 79.9. The average Bonchev–Trinajstić information content (AvgIpc) is 2.56. The number of hydrogen-bond acceptors (Lipinski definition) is 4. The molecule has 0 unspecified atom stereocenters. The molecule has 5 heteroatoms. The number of carbonyl (C=O) groups is 2. The van der Waals surface area contributed by atoms with E-state index in [0.29, 0.717) is 23.5 Å². The predicted molar refractivity (Wildman–Crippen MR) is 96.2 cm³/mol. The molecule has 4 bridgehead atoms. The maximum atomic E-state index is 12.8. The maximum absolute atomic E-state index is 12.8. The van der Waals surface area contributed by atoms with Crippen molar-refractivity contribution < 1.29 is 19.1 Å². The fraction of sp³-hybridized carbons (Fsp3) is 0.600. The smallest absolute Gasteiger partial charge is 0.344 e. The van der Waals surface area contributed by atoms with Gasteiger partial charge in [0.05, 0.1) is 0 Å². The Morgan fingerprint density at radius 1 is 1.04 bits per heavy atom. The normalized spacial score (nSPS) is 32.4. The summed E-state index contributed by atoms with van der Waals surface area (Å²) in [4.78, 5) is 24.7. The maximum Gasteiger partial charge on any atom is 0.344 e. The lowest BCUT2D eigenvalue weighted by Gasteiger charge is -2.55. The zero-order chi connectivity index (χ0) is 17.4. The van der Waals surface area contributed by atoms with Crippen molar-refractivity contribution in [3.63, 3.8) is 0 Å². The van der Waals surface area contributed by atoms with Crippen LogP contribution in [0.15, 0.2) is 28.7 Å². The van der Waals surface area contributed by atoms with Crippen molar-refractivity contribution in [3.8, 4) is 5.75 Å². The van der Waals surface area contributed by atoms with Crippen molar-refractivity contribution >= 4 is 27.7 Å². The van der Waals surface area contributed by atoms with E-state index in [-0.39, 0.29) is 24.4 Å². The summed E-state index contributed by atoms with van der Waals surface area (Å²) in [5.74, 6) is 2.38. The highest BCUT2D eigenvalue weighted by Gasteiger charge is 2.54. The Bertz CT molecular complexity index is 649. The van der Waals surface area contributed by atoms with Crippen LogP contribution in [0.25, 0.3) is 0 Å². The number of benzene rings is 1. The molecule has 0 N–H and O–H groups in total. The molecule has 5 rings (SSSR count). The van der Waals surface area contributed by atoms with Gasteiger partial charge in [0.1, 0.15) is 5.75 Å². The summed E-state index contributed by atoms with van der Waals surface area (Å²) in [5, 5.41) is 0. The molecule has 134 valence electrons. The van der Waals surface area contributed by atoms with Crippen LogP contribution in [0, 0.1) is 23.2 Å². The van der Waals surface area contributed by atoms with Crippen LogP contribution in [-0.2, 0) is 14.3 Å². The first-order valence-electron chi connectivity index (χ1n) is 9.10. The molecule has 0 atom stereocenters. The lowest BCUT2D eigenvalue weighted by molar-refractivity contribution is -0.158. The summed E-state index contributed by atoms with van der Waals surface area (Å²) in [6.45, 7) is -0.280. The van der Waals surface area contributed by atoms with Crippen LogP contribution < -0.4 is 4.74 Å². The van der Waals surface area contributed by atoms with Crippen molar-refractivity contribution in [1.82, 2.24) is 0 Å². The Hall–Kier alpha value is -1.36. The SMILES string of the molecule is O=C(COc1cccc(Br)c1)OCC(=O)C12CC3CC(CC(C3)C1)C2. The molecule has 4 aliphatic carbocycles. The van der Waals surface area contributed by atoms with Gasteiger partial charge in [-0.3, -0.25) is 4.79 Å². The van der Waals surface area contributed by atoms with Gasteiger partial charge in [-0.05, 0) is 74.5 Å². The van der Waals surface area contributed by atoms with Crippen LogP contribution in [0.5, 0.6) is 5.75 Å². The topological polar surface area (TPSA) is 52.6 Å². The molecule has 1 aromatic rings. The van der Waals surface area contributed by atoms with Gasteiger partial charge in [-0.2, -0.15) is 0 Å². The first-order chi connectivity index (χ1) is 12.0. The van der Waals surface area contributed by atoms with Gasteiger partial charge in [0, 0.05) is 9.89 Å². The predicted octanol–water partition coefficient (Wildman–Crippen LogP) is 4.16. The minimum Gasteiger partial charge on any atom is -0.482 e. The van der Waals surface area contributed by atoms with E-state index in [1.807, 2.05) is 12.1 Å². The molecule has 0 amide bonds. The Morgan fingerprint density at radius 2 is 1.68 bits per heavy atom. The van der Waals surface area contributed by atoms with Crippen molar-refractivity contribution in [2.75, 3.05) is 13.2 Å². The summed E-state index contributed by atoms with van der Waals surface area (Å²) in [6, 6.07) is 7.28. The molecule has 25 heavy (non-hydrogen) atoms. The van der Waals surface area contributed by atoms with Crippen LogP contribution in [0.2, 0.25) is 0 Å². The standard InChI is InChI=1S/C20H23BrO4/c21-16-2-1-3-17(7-16)24-12-19(23)25-11-18(22)20-8-13-4-14(9-20)6-15(5-13)10-20/h1-3,7,13-15H,4-6,8-12H2. The number of halogens is 1. The zero-order valence-electron chi connectivity index (χ0n) is 14.2. The molecule has 0 spiro atoms. The highest BCUT2D eigenvalue weighted by Crippen LogP contribution is 2.60. The van der Waals surface area contributed by atoms with E-state index in [4.69, 9.17) is 9.47 Å². The second-order valence-corrected chi connectivity index (χ2v) is 8.94. The number of esters is 1. The largest absolute Gasteiger partial charge is 0.482 e. The zero-order valence-corrected chi connectivity index (χ0v) is 15.8. The van der Waals surface area contributed by atoms with Crippen LogP contribution >= 0.6 is 15.9 Å². The minimum atomic E-state index is -0.488. The first kappa shape index (κ1) is 17.1. The third-order valence-electron chi connectivity index (χ3n) is 6.15. The van der Waals surface area contributed by atoms with E-state index in [2.05, 4.69) is 15.9 Å². The molecule has 0 saturated heterocycles. The second kappa shape index (κ2) is 6.75. The van der Waals surface area contributed by atoms with E-state index in [0.717, 1.165) is 23.7 Å². The molecule has 4 saturated carbocycles. The lowest BCUT2D eigenvalue weighted by atomic mass is 9.48. The van der Waals surface area contributed by atoms with Crippen molar-refractivity contribution in [1.29, 1.82) is 0 Å². The summed E-state index contributed by atoms with van der Waals surface area (Å²) < 4.78 is 11.5. The van der Waals surface area contributed by atoms with Gasteiger partial charge in [0.2, 0.25) is 0 Å². The number of Topliss-reactive ketones (excluding diaryl/α,β-unsaturated/α-hetero) is 1. The average molecular weight is 407 g/mol. The van der Waals surface area contributed by atoms with E-state index in [1.54, 1.807) is 12.1 Å². The number of rotatable bonds is 6. The number of hydrogen-bond donors (Lipinski definition) is 0. The molecule has 0 aromatic heterocycles. The van der Waals surface area contributed by atoms with E-state index in [9.17, 15) is 9.59 Å². The fourth-order valence-electron chi connectivity index (χ4n) is 5.49. The summed E-state index contributed by atoms with van der Waals surface area (Å²) in [6.07, 6.45) is 6.91. The van der Waals surface area contributed by atoms with Crippen molar-refractivity contribution in [2.45, 2.75) is 38.5 Å². The van der Waals surface area contributed by atoms with Crippen LogP contribution in [0.3, 0.4) is 0 Å². The molecule has 0 radical (unpaired) electrons. The molecule has 1 aromatic carbocycles. The fourth-order valence-corrected chi connectivity index (χ4v) is 5.87. The molecule has 0 aliphatic heterocycles. The van der Waals surface area contributed by atoms with Gasteiger partial charge in [-0.25, -0.2) is 4.79 Å². The summed E-state index contributed by atoms with van der Waals surface area (Å²) in [5.41, 5.74) is -0.208. The van der Waals surface area contributed by atoms with Crippen LogP contribution in [0.1, 0.15) is 38.5 Å². The molecule has 4 aliphatic rings. The van der Waals surface area contributed by atoms with Gasteiger partial charge in [0.25, 0.3) is 0 Å². The Labute approximate surface area is 156 Å². The van der Waals surface area contributed by atoms with Gasteiger partial charge in [-0.15, -0.1) is 0 Å². The van der Waals surface area contributed by atoms with Crippen molar-refractivity contribution in [2.24, 2.45) is 23.2 Å². The third kappa shape index (κ3) is 3.62. The number of ketones is 1. The Kier molecular flexibility index (Phi) is 4.61. The monoisotopic (exact) mass is 406 g/mol. The van der Waals surface area contributed by atoms with E-state index < -0.39 is 5.97 Å². The molecular weight excluding hydrogens is 384 g/mol. The minimum absolute atomic E-state index is 0.104. The number of ether oxygens (including phenoxy) is 2. The summed E-state index contributed by atoms with van der Waals surface area (Å²) in [7, 11) is 0. The quantitative estimate of drug-likeness (QED) is 0.665. The van der Waals surface area contributed by atoms with Gasteiger partial charge < -0.3 is 9.47 Å². The van der Waals surface area contributed by atoms with Crippen LogP contribution in [-0.4, -0.2) is 25.0 Å². The van der Waals surface area contributed by atoms with Gasteiger partial charge >= 0.3 is 5.97 Å². The highest BCUT2D eigenvalue weighted by molar-refractivity contribution is 9.10. The van der Waals surface area contributed by atoms with Gasteiger partial charge in [0.15, 0.2) is 19.0 Å². The van der Waals surface area contributed by atoms with Crippen LogP contribution in [0.4, 0.5) is 0 Å². The Balaban J connectivity index is 1.28. The second-order valence-electron chi connectivity index (χ2n) is 8.03. The molecule has 4 fully saturated rings. The van der Waals surface area contributed by atoms with E-state index >= 15 is 0 Å². The molecule has 0 heterocycles. The van der Waals surface area contributed by atoms with Gasteiger partial charge in [-0.1, -0.05) is 22.0 Å². The third-order valence-corrected chi connectivity index (χ3v) is 6.64. The molecule has 4 nitrogen and oxygen atoms in total. The first-order valence-corrected chi connectivity index (χ1v) is 9.89. The lowest BCUT2D eigenvalue weighted by Crippen LogP contribution is -2.51. The van der Waals surface area contributed by atoms with E-state index in [1.165, 1.54) is 19.3 Å². The Morgan fingerprint density at radius 3 is 2.28 bits per heavy atom.